The van der Waals surface area contributed by atoms with Crippen molar-refractivity contribution in [2.45, 2.75) is 13.0 Å². The molecule has 3 N–H and O–H groups in total. The summed E-state index contributed by atoms with van der Waals surface area (Å²) in [5, 5.41) is 6.53. The lowest BCUT2D eigenvalue weighted by Gasteiger charge is -2.05. The lowest BCUT2D eigenvalue weighted by molar-refractivity contribution is 0.626. The maximum Gasteiger partial charge on any atom is 0.177 e. The van der Waals surface area contributed by atoms with Gasteiger partial charge < -0.3 is 15.6 Å². The number of rotatable bonds is 6. The highest BCUT2D eigenvalue weighted by molar-refractivity contribution is 5.73. The van der Waals surface area contributed by atoms with Crippen molar-refractivity contribution >= 4 is 11.2 Å². The predicted molar refractivity (Wildman–Crippen MR) is 64.1 cm³/mol. The van der Waals surface area contributed by atoms with E-state index in [1.807, 2.05) is 13.1 Å². The second-order valence-corrected chi connectivity index (χ2v) is 3.71. The average molecular weight is 219 g/mol. The van der Waals surface area contributed by atoms with Gasteiger partial charge in [-0.3, -0.25) is 0 Å². The van der Waals surface area contributed by atoms with Gasteiger partial charge in [-0.05, 0) is 38.2 Å². The molecule has 0 bridgehead atoms. The zero-order valence-corrected chi connectivity index (χ0v) is 9.45. The van der Waals surface area contributed by atoms with Gasteiger partial charge in [0.05, 0.1) is 11.8 Å². The van der Waals surface area contributed by atoms with Crippen molar-refractivity contribution in [3.8, 4) is 0 Å². The van der Waals surface area contributed by atoms with E-state index in [1.165, 1.54) is 5.56 Å². The Balaban J connectivity index is 1.91. The van der Waals surface area contributed by atoms with Crippen LogP contribution in [0.15, 0.2) is 18.6 Å². The van der Waals surface area contributed by atoms with Gasteiger partial charge in [-0.25, -0.2) is 9.97 Å². The Bertz CT molecular complexity index is 437. The molecule has 5 heteroatoms. The Morgan fingerprint density at radius 3 is 3.12 bits per heavy atom. The van der Waals surface area contributed by atoms with Crippen molar-refractivity contribution in [3.05, 3.63) is 24.2 Å². The van der Waals surface area contributed by atoms with Crippen LogP contribution in [0, 0.1) is 0 Å². The predicted octanol–water partition coefficient (Wildman–Crippen LogP) is 0.657. The number of imidazole rings is 1. The number of H-pyrrole nitrogens is 1. The van der Waals surface area contributed by atoms with Crippen LogP contribution in [0.25, 0.3) is 11.2 Å². The summed E-state index contributed by atoms with van der Waals surface area (Å²) in [6, 6.07) is 2.02. The largest absolute Gasteiger partial charge is 0.343 e. The first-order chi connectivity index (χ1) is 7.92. The topological polar surface area (TPSA) is 65.6 Å². The van der Waals surface area contributed by atoms with E-state index in [9.17, 15) is 0 Å². The third-order valence-corrected chi connectivity index (χ3v) is 2.51. The normalized spacial score (nSPS) is 11.1. The smallest absolute Gasteiger partial charge is 0.177 e. The molecule has 5 nitrogen and oxygen atoms in total. The highest BCUT2D eigenvalue weighted by Crippen LogP contribution is 2.11. The molecule has 0 radical (unpaired) electrons. The van der Waals surface area contributed by atoms with Gasteiger partial charge in [0.2, 0.25) is 0 Å². The quantitative estimate of drug-likeness (QED) is 0.624. The number of pyridine rings is 1. The van der Waals surface area contributed by atoms with E-state index < -0.39 is 0 Å². The molecule has 0 aromatic carbocycles. The minimum atomic E-state index is 0.787. The van der Waals surface area contributed by atoms with Gasteiger partial charge in [-0.1, -0.05) is 0 Å². The molecule has 0 saturated heterocycles. The molecule has 0 saturated carbocycles. The van der Waals surface area contributed by atoms with Crippen LogP contribution in [0.2, 0.25) is 0 Å². The molecule has 86 valence electrons. The Hall–Kier alpha value is -1.46. The Kier molecular flexibility index (Phi) is 3.85. The fourth-order valence-corrected chi connectivity index (χ4v) is 1.66. The van der Waals surface area contributed by atoms with Gasteiger partial charge in [0.15, 0.2) is 5.65 Å². The van der Waals surface area contributed by atoms with E-state index in [4.69, 9.17) is 0 Å². The highest BCUT2D eigenvalue weighted by atomic mass is 15.0. The third-order valence-electron chi connectivity index (χ3n) is 2.51. The number of nitrogens with zero attached hydrogens (tertiary/aromatic N) is 2. The molecule has 0 unspecified atom stereocenters. The number of hydrogen-bond acceptors (Lipinski definition) is 4. The molecule has 0 atom stereocenters. The van der Waals surface area contributed by atoms with Crippen molar-refractivity contribution in [2.24, 2.45) is 0 Å². The first-order valence-corrected chi connectivity index (χ1v) is 5.54. The van der Waals surface area contributed by atoms with E-state index in [2.05, 4.69) is 25.6 Å². The van der Waals surface area contributed by atoms with Gasteiger partial charge in [0.25, 0.3) is 0 Å². The van der Waals surface area contributed by atoms with Crippen LogP contribution in [0.1, 0.15) is 12.0 Å². The highest BCUT2D eigenvalue weighted by Gasteiger charge is 2.02. The molecule has 16 heavy (non-hydrogen) atoms. The van der Waals surface area contributed by atoms with E-state index >= 15 is 0 Å². The molecule has 0 fully saturated rings. The summed E-state index contributed by atoms with van der Waals surface area (Å²) < 4.78 is 0. The second-order valence-electron chi connectivity index (χ2n) is 3.71. The summed E-state index contributed by atoms with van der Waals surface area (Å²) in [5.41, 5.74) is 3.03. The van der Waals surface area contributed by atoms with E-state index in [0.29, 0.717) is 0 Å². The number of aromatic amines is 1. The first-order valence-electron chi connectivity index (χ1n) is 5.54. The van der Waals surface area contributed by atoms with Crippen molar-refractivity contribution in [1.82, 2.24) is 25.6 Å². The van der Waals surface area contributed by atoms with Crippen LogP contribution in [-0.4, -0.2) is 35.1 Å². The summed E-state index contributed by atoms with van der Waals surface area (Å²) in [4.78, 5) is 11.4. The van der Waals surface area contributed by atoms with Crippen LogP contribution < -0.4 is 10.6 Å². The molecule has 0 aliphatic carbocycles. The fraction of sp³-hybridized carbons (Fsp3) is 0.455. The molecule has 2 heterocycles. The van der Waals surface area contributed by atoms with Gasteiger partial charge in [0, 0.05) is 12.7 Å². The van der Waals surface area contributed by atoms with Crippen LogP contribution >= 0.6 is 0 Å². The molecule has 0 amide bonds. The van der Waals surface area contributed by atoms with Crippen molar-refractivity contribution in [2.75, 3.05) is 20.1 Å². The van der Waals surface area contributed by atoms with Gasteiger partial charge in [-0.2, -0.15) is 0 Å². The van der Waals surface area contributed by atoms with Gasteiger partial charge in [0.1, 0.15) is 0 Å². The Morgan fingerprint density at radius 2 is 2.25 bits per heavy atom. The van der Waals surface area contributed by atoms with Crippen molar-refractivity contribution < 1.29 is 0 Å². The summed E-state index contributed by atoms with van der Waals surface area (Å²) >= 11 is 0. The maximum absolute atomic E-state index is 4.18. The summed E-state index contributed by atoms with van der Waals surface area (Å²) in [7, 11) is 1.97. The third kappa shape index (κ3) is 2.56. The monoisotopic (exact) mass is 219 g/mol. The SMILES string of the molecule is CNCCCNCc1ccnc2nc[nH]c12. The molecule has 0 spiro atoms. The van der Waals surface area contributed by atoms with Crippen molar-refractivity contribution in [3.63, 3.8) is 0 Å². The van der Waals surface area contributed by atoms with Crippen LogP contribution in [0.5, 0.6) is 0 Å². The average Bonchev–Trinajstić information content (AvgIpc) is 2.77. The Labute approximate surface area is 94.7 Å². The van der Waals surface area contributed by atoms with E-state index in [0.717, 1.165) is 37.2 Å². The van der Waals surface area contributed by atoms with Gasteiger partial charge in [-0.15, -0.1) is 0 Å². The zero-order chi connectivity index (χ0) is 11.2. The first kappa shape index (κ1) is 11.0. The molecular weight excluding hydrogens is 202 g/mol. The molecule has 0 aliphatic rings. The number of fused-ring (bicyclic) bond motifs is 1. The summed E-state index contributed by atoms with van der Waals surface area (Å²) in [6.07, 6.45) is 4.61. The number of nitrogens with one attached hydrogen (secondary N) is 3. The van der Waals surface area contributed by atoms with Crippen LogP contribution in [-0.2, 0) is 6.54 Å². The lowest BCUT2D eigenvalue weighted by Crippen LogP contribution is -2.19. The molecule has 2 rings (SSSR count). The molecule has 0 aliphatic heterocycles. The maximum atomic E-state index is 4.18. The lowest BCUT2D eigenvalue weighted by atomic mass is 10.2. The molecular formula is C11H17N5. The van der Waals surface area contributed by atoms with Crippen LogP contribution in [0.3, 0.4) is 0 Å². The van der Waals surface area contributed by atoms with E-state index in [1.54, 1.807) is 12.5 Å². The zero-order valence-electron chi connectivity index (χ0n) is 9.45. The minimum absolute atomic E-state index is 0.787. The summed E-state index contributed by atoms with van der Waals surface area (Å²) in [6.45, 7) is 2.91. The molecule has 2 aromatic heterocycles. The number of aromatic nitrogens is 3. The second kappa shape index (κ2) is 5.58. The van der Waals surface area contributed by atoms with E-state index in [-0.39, 0.29) is 0 Å². The summed E-state index contributed by atoms with van der Waals surface area (Å²) in [5.74, 6) is 0. The molecule has 2 aromatic rings. The minimum Gasteiger partial charge on any atom is -0.343 e. The van der Waals surface area contributed by atoms with Crippen molar-refractivity contribution in [1.29, 1.82) is 0 Å². The van der Waals surface area contributed by atoms with Gasteiger partial charge >= 0.3 is 0 Å². The standard InChI is InChI=1S/C11H17N5/c1-12-4-2-5-13-7-9-3-6-14-11-10(9)15-8-16-11/h3,6,8,12-13H,2,4-5,7H2,1H3,(H,14,15,16). The fourth-order valence-electron chi connectivity index (χ4n) is 1.66. The Morgan fingerprint density at radius 1 is 1.31 bits per heavy atom. The van der Waals surface area contributed by atoms with Crippen LogP contribution in [0.4, 0.5) is 0 Å². The number of hydrogen-bond donors (Lipinski definition) is 3.